The van der Waals surface area contributed by atoms with Gasteiger partial charge in [0.1, 0.15) is 12.4 Å². The van der Waals surface area contributed by atoms with Crippen LogP contribution in [-0.4, -0.2) is 18.2 Å². The largest absolute Gasteiger partial charge is 0.490 e. The van der Waals surface area contributed by atoms with Crippen molar-refractivity contribution in [2.24, 2.45) is 0 Å². The highest BCUT2D eigenvalue weighted by atomic mass is 127. The molecule has 0 spiro atoms. The summed E-state index contributed by atoms with van der Waals surface area (Å²) in [6.45, 7) is 3.62. The molecular weight excluding hydrogens is 428 g/mol. The lowest BCUT2D eigenvalue weighted by molar-refractivity contribution is 0.239. The van der Waals surface area contributed by atoms with Crippen LogP contribution < -0.4 is 4.74 Å². The number of hydrogen-bond acceptors (Lipinski definition) is 3. The molecule has 0 saturated heterocycles. The van der Waals surface area contributed by atoms with Crippen LogP contribution >= 0.6 is 44.4 Å². The number of hydrogen-bond donors (Lipinski definition) is 0. The van der Waals surface area contributed by atoms with Crippen molar-refractivity contribution in [2.75, 3.05) is 13.2 Å². The number of nitrogens with zero attached hydrogens (tertiary/aromatic N) is 1. The summed E-state index contributed by atoms with van der Waals surface area (Å²) in [6, 6.07) is 6.00. The number of fused-ring (bicyclic) bond motifs is 1. The molecule has 2 rings (SSSR count). The number of halogens is 2. The smallest absolute Gasteiger partial charge is 0.128 e. The molecule has 1 aromatic heterocycles. The third kappa shape index (κ3) is 3.53. The van der Waals surface area contributed by atoms with Crippen molar-refractivity contribution in [1.82, 2.24) is 4.98 Å². The second kappa shape index (κ2) is 6.98. The quantitative estimate of drug-likeness (QED) is 0.386. The first-order valence-electron chi connectivity index (χ1n) is 5.37. The van der Waals surface area contributed by atoms with E-state index in [0.29, 0.717) is 19.7 Å². The molecular formula is C12H12BrINO2P. The summed E-state index contributed by atoms with van der Waals surface area (Å²) in [5, 5.41) is 2.14. The van der Waals surface area contributed by atoms with Gasteiger partial charge in [-0.1, -0.05) is 15.9 Å². The molecule has 1 atom stereocenters. The molecule has 0 radical (unpaired) electrons. The Bertz CT molecular complexity index is 553. The Kier molecular flexibility index (Phi) is 5.60. The first-order valence-corrected chi connectivity index (χ1v) is 10.2. The maximum Gasteiger partial charge on any atom is 0.128 e. The summed E-state index contributed by atoms with van der Waals surface area (Å²) >= 11 is 5.75. The van der Waals surface area contributed by atoms with Gasteiger partial charge in [0.2, 0.25) is 0 Å². The fraction of sp³-hybridized carbons (Fsp3) is 0.250. The third-order valence-electron chi connectivity index (χ3n) is 2.44. The Morgan fingerprint density at radius 3 is 2.94 bits per heavy atom. The van der Waals surface area contributed by atoms with E-state index in [1.165, 1.54) is 0 Å². The molecule has 2 aromatic rings. The van der Waals surface area contributed by atoms with Crippen molar-refractivity contribution >= 4 is 55.2 Å². The molecule has 6 heteroatoms. The maximum atomic E-state index is 5.73. The first kappa shape index (κ1) is 14.4. The van der Waals surface area contributed by atoms with Crippen molar-refractivity contribution in [3.63, 3.8) is 0 Å². The van der Waals surface area contributed by atoms with Crippen LogP contribution in [0.15, 0.2) is 28.9 Å². The van der Waals surface area contributed by atoms with Crippen LogP contribution in [0.2, 0.25) is 0 Å². The van der Waals surface area contributed by atoms with E-state index in [2.05, 4.69) is 49.0 Å². The SMILES string of the molecule is Cc1cc2c(Br)ccc(OCCOPI)c2cn1. The highest BCUT2D eigenvalue weighted by molar-refractivity contribution is 14.2. The van der Waals surface area contributed by atoms with E-state index in [0.717, 1.165) is 26.7 Å². The molecule has 0 fully saturated rings. The van der Waals surface area contributed by atoms with E-state index in [1.807, 2.05) is 25.3 Å². The molecule has 1 aromatic carbocycles. The van der Waals surface area contributed by atoms with Gasteiger partial charge in [0, 0.05) is 27.1 Å². The number of benzene rings is 1. The summed E-state index contributed by atoms with van der Waals surface area (Å²) in [4.78, 5) is 4.32. The van der Waals surface area contributed by atoms with E-state index >= 15 is 0 Å². The predicted octanol–water partition coefficient (Wildman–Crippen LogP) is 4.64. The van der Waals surface area contributed by atoms with Gasteiger partial charge in [-0.2, -0.15) is 0 Å². The predicted molar refractivity (Wildman–Crippen MR) is 88.0 cm³/mol. The molecule has 1 unspecified atom stereocenters. The Morgan fingerprint density at radius 1 is 1.33 bits per heavy atom. The number of ether oxygens (including phenoxy) is 1. The molecule has 0 bridgehead atoms. The lowest BCUT2D eigenvalue weighted by Crippen LogP contribution is -2.03. The van der Waals surface area contributed by atoms with Crippen LogP contribution in [0.5, 0.6) is 5.75 Å². The number of rotatable bonds is 5. The summed E-state index contributed by atoms with van der Waals surface area (Å²) in [5.74, 6) is 0.848. The summed E-state index contributed by atoms with van der Waals surface area (Å²) in [6.07, 6.45) is 1.85. The zero-order valence-electron chi connectivity index (χ0n) is 9.74. The highest BCUT2D eigenvalue weighted by Gasteiger charge is 2.06. The van der Waals surface area contributed by atoms with Crippen molar-refractivity contribution < 1.29 is 9.26 Å². The van der Waals surface area contributed by atoms with Crippen LogP contribution in [-0.2, 0) is 4.52 Å². The van der Waals surface area contributed by atoms with E-state index < -0.39 is 0 Å². The monoisotopic (exact) mass is 439 g/mol. The van der Waals surface area contributed by atoms with Crippen molar-refractivity contribution in [2.45, 2.75) is 6.92 Å². The average Bonchev–Trinajstić information content (AvgIpc) is 2.37. The van der Waals surface area contributed by atoms with Gasteiger partial charge in [-0.3, -0.25) is 4.98 Å². The third-order valence-corrected chi connectivity index (χ3v) is 4.38. The zero-order chi connectivity index (χ0) is 13.0. The number of aromatic nitrogens is 1. The molecule has 1 heterocycles. The Labute approximate surface area is 129 Å². The van der Waals surface area contributed by atoms with Crippen LogP contribution in [0.3, 0.4) is 0 Å². The van der Waals surface area contributed by atoms with E-state index in [-0.39, 0.29) is 0 Å². The summed E-state index contributed by atoms with van der Waals surface area (Å²) < 4.78 is 12.1. The molecule has 0 aliphatic heterocycles. The molecule has 0 saturated carbocycles. The minimum Gasteiger partial charge on any atom is -0.490 e. The van der Waals surface area contributed by atoms with Crippen LogP contribution in [0.25, 0.3) is 10.8 Å². The summed E-state index contributed by atoms with van der Waals surface area (Å²) in [5.41, 5.74) is 0.995. The molecule has 18 heavy (non-hydrogen) atoms. The Hall–Kier alpha value is 0.0300. The highest BCUT2D eigenvalue weighted by Crippen LogP contribution is 2.31. The molecule has 0 amide bonds. The lowest BCUT2D eigenvalue weighted by Gasteiger charge is -2.10. The topological polar surface area (TPSA) is 31.4 Å². The molecule has 0 aliphatic carbocycles. The lowest BCUT2D eigenvalue weighted by atomic mass is 10.1. The second-order valence-electron chi connectivity index (χ2n) is 3.69. The fourth-order valence-corrected chi connectivity index (χ4v) is 2.92. The number of aryl methyl sites for hydroxylation is 1. The van der Waals surface area contributed by atoms with E-state index in [1.54, 1.807) is 0 Å². The van der Waals surface area contributed by atoms with Crippen LogP contribution in [0.1, 0.15) is 5.69 Å². The van der Waals surface area contributed by atoms with Crippen LogP contribution in [0.4, 0.5) is 0 Å². The maximum absolute atomic E-state index is 5.73. The van der Waals surface area contributed by atoms with Crippen molar-refractivity contribution in [1.29, 1.82) is 0 Å². The molecule has 0 aliphatic rings. The average molecular weight is 440 g/mol. The molecule has 96 valence electrons. The first-order chi connectivity index (χ1) is 8.72. The normalized spacial score (nSPS) is 11.5. The van der Waals surface area contributed by atoms with Gasteiger partial charge in [0.15, 0.2) is 0 Å². The van der Waals surface area contributed by atoms with Gasteiger partial charge in [0.25, 0.3) is 0 Å². The van der Waals surface area contributed by atoms with Gasteiger partial charge in [-0.15, -0.1) is 0 Å². The minimum absolute atomic E-state index is 0.473. The van der Waals surface area contributed by atoms with Gasteiger partial charge >= 0.3 is 0 Å². The van der Waals surface area contributed by atoms with Gasteiger partial charge in [-0.25, -0.2) is 0 Å². The van der Waals surface area contributed by atoms with Gasteiger partial charge in [0.05, 0.1) is 13.1 Å². The van der Waals surface area contributed by atoms with E-state index in [9.17, 15) is 0 Å². The Balaban J connectivity index is 2.25. The van der Waals surface area contributed by atoms with Gasteiger partial charge in [-0.05, 0) is 47.2 Å². The summed E-state index contributed by atoms with van der Waals surface area (Å²) in [7, 11) is 0. The zero-order valence-corrected chi connectivity index (χ0v) is 14.5. The fourth-order valence-electron chi connectivity index (χ4n) is 1.64. The van der Waals surface area contributed by atoms with Crippen LogP contribution in [0, 0.1) is 6.92 Å². The van der Waals surface area contributed by atoms with E-state index in [4.69, 9.17) is 9.26 Å². The Morgan fingerprint density at radius 2 is 2.17 bits per heavy atom. The number of pyridine rings is 1. The minimum atomic E-state index is 0.473. The van der Waals surface area contributed by atoms with Crippen molar-refractivity contribution in [3.05, 3.63) is 34.6 Å². The standard InChI is InChI=1S/C12H12BrINO2P/c1-8-6-9-10(7-15-8)12(3-2-11(9)13)16-4-5-17-18-14/h2-3,6-7,18H,4-5H2,1H3. The molecule has 3 nitrogen and oxygen atoms in total. The second-order valence-corrected chi connectivity index (χ2v) is 6.31. The van der Waals surface area contributed by atoms with Gasteiger partial charge < -0.3 is 9.26 Å². The molecule has 0 N–H and O–H groups in total. The van der Waals surface area contributed by atoms with Crippen molar-refractivity contribution in [3.8, 4) is 5.75 Å².